The molecule has 86 valence electrons. The Morgan fingerprint density at radius 2 is 1.80 bits per heavy atom. The quantitative estimate of drug-likeness (QED) is 0.651. The highest BCUT2D eigenvalue weighted by Gasteiger charge is 2.30. The first-order chi connectivity index (χ1) is 6.95. The van der Waals surface area contributed by atoms with Crippen molar-refractivity contribution in [1.82, 2.24) is 0 Å². The maximum Gasteiger partial charge on any atom is 0.416 e. The highest BCUT2D eigenvalue weighted by Crippen LogP contribution is 2.32. The zero-order valence-corrected chi connectivity index (χ0v) is 10.0. The van der Waals surface area contributed by atoms with Crippen molar-refractivity contribution >= 4 is 21.7 Å². The summed E-state index contributed by atoms with van der Waals surface area (Å²) in [6.45, 7) is 4.25. The van der Waals surface area contributed by atoms with Crippen LogP contribution in [0.15, 0.2) is 29.2 Å². The molecule has 1 aromatic rings. The van der Waals surface area contributed by atoms with Crippen LogP contribution in [0, 0.1) is 0 Å². The number of halogens is 4. The van der Waals surface area contributed by atoms with E-state index in [9.17, 15) is 13.2 Å². The van der Waals surface area contributed by atoms with E-state index in [1.807, 2.05) is 0 Å². The largest absolute Gasteiger partial charge is 0.416 e. The molecule has 0 saturated carbocycles. The standard InChI is InChI=1S/C7H4ClF3S.C3H8/c8-12-6-3-1-2-5(4-6)7(9,10)11;1-3-2/h1-4H;3H2,1-2H3. The molecule has 0 bridgehead atoms. The van der Waals surface area contributed by atoms with Crippen LogP contribution in [0.5, 0.6) is 0 Å². The van der Waals surface area contributed by atoms with E-state index in [4.69, 9.17) is 10.7 Å². The molecule has 0 aliphatic heterocycles. The van der Waals surface area contributed by atoms with Crippen molar-refractivity contribution in [3.05, 3.63) is 29.8 Å². The summed E-state index contributed by atoms with van der Waals surface area (Å²) in [5.41, 5.74) is -0.673. The van der Waals surface area contributed by atoms with Gasteiger partial charge in [0.1, 0.15) is 0 Å². The molecule has 15 heavy (non-hydrogen) atoms. The molecule has 0 amide bonds. The molecular weight excluding hydrogens is 245 g/mol. The van der Waals surface area contributed by atoms with E-state index in [-0.39, 0.29) is 0 Å². The molecule has 0 aromatic heterocycles. The van der Waals surface area contributed by atoms with Crippen LogP contribution < -0.4 is 0 Å². The zero-order chi connectivity index (χ0) is 11.9. The van der Waals surface area contributed by atoms with Crippen molar-refractivity contribution in [2.24, 2.45) is 0 Å². The van der Waals surface area contributed by atoms with Crippen molar-refractivity contribution in [2.45, 2.75) is 31.3 Å². The molecule has 0 fully saturated rings. The molecule has 0 nitrogen and oxygen atoms in total. The third-order valence-corrected chi connectivity index (χ3v) is 2.22. The van der Waals surface area contributed by atoms with E-state index in [1.54, 1.807) is 0 Å². The Labute approximate surface area is 96.3 Å². The Morgan fingerprint density at radius 1 is 1.27 bits per heavy atom. The van der Waals surface area contributed by atoms with E-state index >= 15 is 0 Å². The van der Waals surface area contributed by atoms with E-state index in [2.05, 4.69) is 13.8 Å². The third kappa shape index (κ3) is 5.95. The van der Waals surface area contributed by atoms with Gasteiger partial charge in [-0.2, -0.15) is 13.2 Å². The average Bonchev–Trinajstić information content (AvgIpc) is 2.18. The van der Waals surface area contributed by atoms with Gasteiger partial charge in [-0.15, -0.1) is 0 Å². The highest BCUT2D eigenvalue weighted by molar-refractivity contribution is 8.21. The zero-order valence-electron chi connectivity index (χ0n) is 8.44. The van der Waals surface area contributed by atoms with Crippen molar-refractivity contribution in [2.75, 3.05) is 0 Å². The molecule has 1 aromatic carbocycles. The summed E-state index contributed by atoms with van der Waals surface area (Å²) in [4.78, 5) is 0.395. The second-order valence-electron chi connectivity index (χ2n) is 2.81. The minimum Gasteiger partial charge on any atom is -0.166 e. The first-order valence-corrected chi connectivity index (χ1v) is 6.05. The van der Waals surface area contributed by atoms with Crippen LogP contribution in [-0.4, -0.2) is 0 Å². The van der Waals surface area contributed by atoms with Gasteiger partial charge < -0.3 is 0 Å². The van der Waals surface area contributed by atoms with Gasteiger partial charge in [0, 0.05) is 4.90 Å². The lowest BCUT2D eigenvalue weighted by molar-refractivity contribution is -0.137. The van der Waals surface area contributed by atoms with E-state index in [0.717, 1.165) is 23.1 Å². The van der Waals surface area contributed by atoms with Gasteiger partial charge in [0.15, 0.2) is 0 Å². The molecular formula is C10H12ClF3S. The fraction of sp³-hybridized carbons (Fsp3) is 0.400. The van der Waals surface area contributed by atoms with Gasteiger partial charge in [-0.3, -0.25) is 0 Å². The summed E-state index contributed by atoms with van der Waals surface area (Å²) in [5, 5.41) is 0. The Hall–Kier alpha value is -0.350. The van der Waals surface area contributed by atoms with Crippen LogP contribution in [0.3, 0.4) is 0 Å². The number of alkyl halides is 3. The average molecular weight is 257 g/mol. The van der Waals surface area contributed by atoms with Crippen molar-refractivity contribution < 1.29 is 13.2 Å². The van der Waals surface area contributed by atoms with Crippen molar-refractivity contribution in [3.8, 4) is 0 Å². The molecule has 0 aliphatic rings. The van der Waals surface area contributed by atoms with Crippen LogP contribution in [0.4, 0.5) is 13.2 Å². The smallest absolute Gasteiger partial charge is 0.166 e. The normalized spacial score (nSPS) is 10.5. The Kier molecular flexibility index (Phi) is 6.85. The summed E-state index contributed by atoms with van der Waals surface area (Å²) in [6, 6.07) is 4.87. The van der Waals surface area contributed by atoms with E-state index in [0.29, 0.717) is 4.90 Å². The minimum absolute atomic E-state index is 0.395. The fourth-order valence-electron chi connectivity index (χ4n) is 0.720. The predicted octanol–water partition coefficient (Wildman–Crippen LogP) is 5.37. The van der Waals surface area contributed by atoms with Gasteiger partial charge >= 0.3 is 6.18 Å². The van der Waals surface area contributed by atoms with E-state index in [1.165, 1.54) is 18.6 Å². The first kappa shape index (κ1) is 14.6. The molecule has 0 atom stereocenters. The van der Waals surface area contributed by atoms with Gasteiger partial charge in [0.2, 0.25) is 0 Å². The highest BCUT2D eigenvalue weighted by atomic mass is 35.7. The maximum atomic E-state index is 12.1. The lowest BCUT2D eigenvalue weighted by atomic mass is 10.2. The van der Waals surface area contributed by atoms with Crippen molar-refractivity contribution in [1.29, 1.82) is 0 Å². The lowest BCUT2D eigenvalue weighted by Gasteiger charge is -2.06. The third-order valence-electron chi connectivity index (χ3n) is 1.25. The van der Waals surface area contributed by atoms with Gasteiger partial charge in [-0.1, -0.05) is 26.3 Å². The van der Waals surface area contributed by atoms with Gasteiger partial charge in [-0.25, -0.2) is 0 Å². The van der Waals surface area contributed by atoms with Crippen LogP contribution in [0.25, 0.3) is 0 Å². The van der Waals surface area contributed by atoms with Gasteiger partial charge in [0.25, 0.3) is 0 Å². The molecule has 1 rings (SSSR count). The van der Waals surface area contributed by atoms with Gasteiger partial charge in [-0.05, 0) is 39.9 Å². The fourth-order valence-corrected chi connectivity index (χ4v) is 1.31. The molecule has 0 aliphatic carbocycles. The van der Waals surface area contributed by atoms with Crippen LogP contribution in [0.1, 0.15) is 25.8 Å². The summed E-state index contributed by atoms with van der Waals surface area (Å²) < 4.78 is 36.2. The second kappa shape index (κ2) is 7.01. The predicted molar refractivity (Wildman–Crippen MR) is 59.1 cm³/mol. The molecule has 0 N–H and O–H groups in total. The van der Waals surface area contributed by atoms with Crippen LogP contribution in [-0.2, 0) is 6.18 Å². The minimum atomic E-state index is -4.29. The summed E-state index contributed by atoms with van der Waals surface area (Å²) in [5.74, 6) is 0. The molecule has 0 saturated heterocycles. The summed E-state index contributed by atoms with van der Waals surface area (Å²) in [6.07, 6.45) is -3.04. The Morgan fingerprint density at radius 3 is 2.20 bits per heavy atom. The van der Waals surface area contributed by atoms with Crippen molar-refractivity contribution in [3.63, 3.8) is 0 Å². The van der Waals surface area contributed by atoms with Gasteiger partial charge in [0.05, 0.1) is 5.56 Å². The maximum absolute atomic E-state index is 12.1. The molecule has 0 spiro atoms. The molecule has 5 heteroatoms. The molecule has 0 radical (unpaired) electrons. The Balaban J connectivity index is 0.000000583. The summed E-state index contributed by atoms with van der Waals surface area (Å²) in [7, 11) is 6.07. The number of rotatable bonds is 1. The second-order valence-corrected chi connectivity index (χ2v) is 3.90. The van der Waals surface area contributed by atoms with Crippen LogP contribution >= 0.6 is 21.7 Å². The number of hydrogen-bond donors (Lipinski definition) is 0. The Bertz CT molecular complexity index is 286. The van der Waals surface area contributed by atoms with E-state index < -0.39 is 11.7 Å². The monoisotopic (exact) mass is 256 g/mol. The topological polar surface area (TPSA) is 0 Å². The number of benzene rings is 1. The number of hydrogen-bond acceptors (Lipinski definition) is 1. The SMILES string of the molecule is CCC.FC(F)(F)c1cccc(SCl)c1. The first-order valence-electron chi connectivity index (χ1n) is 4.41. The summed E-state index contributed by atoms with van der Waals surface area (Å²) >= 11 is 0. The lowest BCUT2D eigenvalue weighted by Crippen LogP contribution is -2.04. The van der Waals surface area contributed by atoms with Crippen LogP contribution in [0.2, 0.25) is 0 Å². The molecule has 0 unspecified atom stereocenters. The molecule has 0 heterocycles.